The second-order valence-corrected chi connectivity index (χ2v) is 10.6. The first-order valence-electron chi connectivity index (χ1n) is 11.3. The molecule has 0 bridgehead atoms. The van der Waals surface area contributed by atoms with Gasteiger partial charge in [0.15, 0.2) is 5.69 Å². The lowest BCUT2D eigenvalue weighted by atomic mass is 9.64. The van der Waals surface area contributed by atoms with Crippen LogP contribution in [0.2, 0.25) is 0 Å². The third kappa shape index (κ3) is 3.95. The van der Waals surface area contributed by atoms with Crippen LogP contribution in [0.5, 0.6) is 0 Å². The number of amides is 1. The van der Waals surface area contributed by atoms with E-state index in [1.807, 2.05) is 11.3 Å². The second kappa shape index (κ2) is 9.45. The fourth-order valence-corrected chi connectivity index (χ4v) is 7.11. The summed E-state index contributed by atoms with van der Waals surface area (Å²) in [6.07, 6.45) is 2.88. The minimum Gasteiger partial charge on any atom is -1.00 e. The van der Waals surface area contributed by atoms with Crippen LogP contribution in [0.15, 0.2) is 42.5 Å². The van der Waals surface area contributed by atoms with E-state index in [4.69, 9.17) is 0 Å². The third-order valence-corrected chi connectivity index (χ3v) is 8.52. The molecule has 1 aromatic carbocycles. The highest BCUT2D eigenvalue weighted by Gasteiger charge is 2.66. The first-order valence-corrected chi connectivity index (χ1v) is 12.1. The lowest BCUT2D eigenvalue weighted by Gasteiger charge is -2.51. The van der Waals surface area contributed by atoms with Gasteiger partial charge in [0.25, 0.3) is 5.69 Å². The quantitative estimate of drug-likeness (QED) is 0.0936. The number of nitrogens with zero attached hydrogens (tertiary/aromatic N) is 4. The Labute approximate surface area is 232 Å². The van der Waals surface area contributed by atoms with E-state index in [0.29, 0.717) is 22.6 Å². The standard InChI is InChI=1S/C24H24N4O7S.HI/c1-12(30)17-20-24(2,8-13-4-6-14(7-5-13)28(34)35)18(19(23(32)33)27(20)21(17)31)16-9-26-11-25(3)15(10-29)22(26)36-16;/h4-7,9,11-12,17,20,29-30H,8,10H2,1-3H3;1H/t12-,17-,20-,24+;/m1./s1. The number of aliphatic hydroxyl groups excluding tert-OH is 2. The predicted molar refractivity (Wildman–Crippen MR) is 128 cm³/mol. The van der Waals surface area contributed by atoms with E-state index in [0.717, 1.165) is 10.4 Å². The normalized spacial score (nSPS) is 23.6. The number of nitro benzene ring substituents is 1. The van der Waals surface area contributed by atoms with Crippen LogP contribution < -0.4 is 28.4 Å². The number of carboxylic acid groups (broad SMARTS) is 1. The zero-order valence-corrected chi connectivity index (χ0v) is 23.1. The van der Waals surface area contributed by atoms with Gasteiger partial charge in [0.2, 0.25) is 17.1 Å². The molecule has 0 aliphatic carbocycles. The zero-order valence-electron chi connectivity index (χ0n) is 20.2. The van der Waals surface area contributed by atoms with Crippen molar-refractivity contribution in [2.45, 2.75) is 39.0 Å². The number of hydrogen-bond donors (Lipinski definition) is 3. The number of aryl methyl sites for hydroxylation is 1. The number of hydrogen-bond acceptors (Lipinski definition) is 7. The minimum absolute atomic E-state index is 0. The number of carbonyl (C=O) groups is 2. The number of imidazole rings is 1. The summed E-state index contributed by atoms with van der Waals surface area (Å²) < 4.78 is 3.60. The van der Waals surface area contributed by atoms with Crippen LogP contribution in [-0.4, -0.2) is 53.7 Å². The van der Waals surface area contributed by atoms with Gasteiger partial charge in [-0.3, -0.25) is 14.9 Å². The average molecular weight is 640 g/mol. The van der Waals surface area contributed by atoms with Crippen LogP contribution in [0, 0.1) is 21.4 Å². The highest BCUT2D eigenvalue weighted by Crippen LogP contribution is 2.59. The fraction of sp³-hybridized carbons (Fsp3) is 0.375. The summed E-state index contributed by atoms with van der Waals surface area (Å²) >= 11 is 1.32. The van der Waals surface area contributed by atoms with Gasteiger partial charge in [0.1, 0.15) is 18.5 Å². The van der Waals surface area contributed by atoms with E-state index in [9.17, 15) is 35.0 Å². The Kier molecular flexibility index (Phi) is 6.94. The van der Waals surface area contributed by atoms with Crippen molar-refractivity contribution in [3.8, 4) is 0 Å². The number of aliphatic carboxylic acids is 1. The second-order valence-electron chi connectivity index (χ2n) is 9.61. The van der Waals surface area contributed by atoms with Crippen molar-refractivity contribution in [1.82, 2.24) is 9.47 Å². The SMILES string of the molecule is C[C@@H](O)[C@H]1C(=O)N2C(C(=O)O)=C(c3c[n+]4cn(C)c(CO)c4s3)[C@](C)(Cc3ccc([N+](=O)[O-])cc3)[C@@H]12.[I-]. The number of nitro groups is 1. The lowest BCUT2D eigenvalue weighted by molar-refractivity contribution is -0.508. The van der Waals surface area contributed by atoms with Gasteiger partial charge in [-0.05, 0) is 18.9 Å². The Morgan fingerprint density at radius 1 is 1.32 bits per heavy atom. The number of fused-ring (bicyclic) bond motifs is 2. The van der Waals surface area contributed by atoms with Crippen molar-refractivity contribution in [2.24, 2.45) is 18.4 Å². The van der Waals surface area contributed by atoms with Gasteiger partial charge >= 0.3 is 5.97 Å². The molecule has 0 unspecified atom stereocenters. The molecular weight excluding hydrogens is 615 g/mol. The minimum atomic E-state index is -1.24. The lowest BCUT2D eigenvalue weighted by Crippen LogP contribution is -3.00. The van der Waals surface area contributed by atoms with Crippen LogP contribution >= 0.6 is 11.3 Å². The van der Waals surface area contributed by atoms with E-state index in [-0.39, 0.29) is 42.0 Å². The molecule has 37 heavy (non-hydrogen) atoms. The maximum Gasteiger partial charge on any atom is 0.352 e. The number of aliphatic hydroxyl groups is 2. The van der Waals surface area contributed by atoms with E-state index < -0.39 is 40.3 Å². The number of carboxylic acids is 1. The highest BCUT2D eigenvalue weighted by molar-refractivity contribution is 7.18. The third-order valence-electron chi connectivity index (χ3n) is 7.35. The van der Waals surface area contributed by atoms with E-state index in [2.05, 4.69) is 0 Å². The molecule has 0 saturated carbocycles. The first-order chi connectivity index (χ1) is 17.0. The molecule has 1 fully saturated rings. The van der Waals surface area contributed by atoms with Gasteiger partial charge in [0, 0.05) is 23.1 Å². The summed E-state index contributed by atoms with van der Waals surface area (Å²) in [5, 5.41) is 41.6. The smallest absolute Gasteiger partial charge is 0.352 e. The zero-order chi connectivity index (χ0) is 26.1. The highest BCUT2D eigenvalue weighted by atomic mass is 127. The summed E-state index contributed by atoms with van der Waals surface area (Å²) in [5.74, 6) is -2.47. The Bertz CT molecular complexity index is 1460. The molecule has 1 saturated heterocycles. The molecule has 3 N–H and O–H groups in total. The number of halogens is 1. The maximum absolute atomic E-state index is 13.1. The van der Waals surface area contributed by atoms with Gasteiger partial charge in [-0.2, -0.15) is 4.40 Å². The molecule has 4 atom stereocenters. The van der Waals surface area contributed by atoms with Crippen LogP contribution in [-0.2, 0) is 29.7 Å². The molecule has 1 amide bonds. The predicted octanol–water partition coefficient (Wildman–Crippen LogP) is -1.50. The molecule has 0 spiro atoms. The molecule has 2 aliphatic rings. The van der Waals surface area contributed by atoms with Crippen LogP contribution in [0.4, 0.5) is 5.69 Å². The van der Waals surface area contributed by atoms with Crippen molar-refractivity contribution in [1.29, 1.82) is 0 Å². The summed E-state index contributed by atoms with van der Waals surface area (Å²) in [4.78, 5) is 38.9. The van der Waals surface area contributed by atoms with Crippen molar-refractivity contribution < 1.29 is 58.2 Å². The Morgan fingerprint density at radius 3 is 2.51 bits per heavy atom. The number of benzene rings is 1. The van der Waals surface area contributed by atoms with Crippen molar-refractivity contribution >= 4 is 39.3 Å². The molecule has 3 aromatic rings. The molecule has 2 aliphatic heterocycles. The molecule has 2 aromatic heterocycles. The molecule has 4 heterocycles. The summed E-state index contributed by atoms with van der Waals surface area (Å²) in [6.45, 7) is 3.20. The van der Waals surface area contributed by atoms with Gasteiger partial charge in [-0.1, -0.05) is 30.4 Å². The largest absolute Gasteiger partial charge is 1.00 e. The van der Waals surface area contributed by atoms with Crippen LogP contribution in [0.3, 0.4) is 0 Å². The Hall–Kier alpha value is -2.88. The Morgan fingerprint density at radius 2 is 1.97 bits per heavy atom. The van der Waals surface area contributed by atoms with Gasteiger partial charge in [0.05, 0.1) is 34.9 Å². The summed E-state index contributed by atoms with van der Waals surface area (Å²) in [7, 11) is 1.80. The topological polar surface area (TPSA) is 150 Å². The van der Waals surface area contributed by atoms with Gasteiger partial charge < -0.3 is 44.2 Å². The number of aromatic nitrogens is 2. The first kappa shape index (κ1) is 27.2. The number of thiazole rings is 1. The van der Waals surface area contributed by atoms with Crippen LogP contribution in [0.25, 0.3) is 10.4 Å². The molecule has 196 valence electrons. The molecule has 5 rings (SSSR count). The average Bonchev–Trinajstić information content (AvgIpc) is 3.39. The van der Waals surface area contributed by atoms with Crippen molar-refractivity contribution in [3.63, 3.8) is 0 Å². The van der Waals surface area contributed by atoms with E-state index >= 15 is 0 Å². The number of rotatable bonds is 7. The molecule has 13 heteroatoms. The van der Waals surface area contributed by atoms with E-state index in [1.54, 1.807) is 36.3 Å². The number of β-lactam (4-membered cyclic amide) rings is 1. The summed E-state index contributed by atoms with van der Waals surface area (Å²) in [6, 6.07) is 5.45. The number of carbonyl (C=O) groups excluding carboxylic acids is 1. The number of non-ortho nitro benzene ring substituents is 1. The van der Waals surface area contributed by atoms with Gasteiger partial charge in [-0.15, -0.1) is 0 Å². The van der Waals surface area contributed by atoms with E-state index in [1.165, 1.54) is 35.3 Å². The molecule has 0 radical (unpaired) electrons. The van der Waals surface area contributed by atoms with Crippen molar-refractivity contribution in [3.05, 3.63) is 68.7 Å². The molecule has 11 nitrogen and oxygen atoms in total. The monoisotopic (exact) mass is 640 g/mol. The molecular formula is C24H25IN4O7S. The van der Waals surface area contributed by atoms with Crippen molar-refractivity contribution in [2.75, 3.05) is 0 Å². The Balaban J connectivity index is 0.00000320. The fourth-order valence-electron chi connectivity index (χ4n) is 5.78. The maximum atomic E-state index is 13.1. The van der Waals surface area contributed by atoms with Gasteiger partial charge in [-0.25, -0.2) is 9.36 Å². The van der Waals surface area contributed by atoms with Crippen LogP contribution in [0.1, 0.15) is 30.0 Å². The summed E-state index contributed by atoms with van der Waals surface area (Å²) in [5.41, 5.74) is 0.781.